The van der Waals surface area contributed by atoms with Gasteiger partial charge in [0.2, 0.25) is 6.10 Å². The van der Waals surface area contributed by atoms with E-state index >= 15 is 0 Å². The standard InChI is InChI=1S/C27H34BNO5/c1-26(2)27(3,4)34-28(33-26)21-15-11-14-20(18-21)25(31)32-23(19-12-7-5-8-13-19)24(30)29-22-16-9-6-10-17-22/h5,7-8,11-15,18,22-23H,6,9-10,16-17H2,1-4H3,(H,29,30). The zero-order valence-electron chi connectivity index (χ0n) is 20.5. The van der Waals surface area contributed by atoms with Crippen LogP contribution in [0.15, 0.2) is 54.6 Å². The van der Waals surface area contributed by atoms with Crippen LogP contribution in [0.3, 0.4) is 0 Å². The molecule has 0 bridgehead atoms. The number of nitrogens with one attached hydrogen (secondary N) is 1. The van der Waals surface area contributed by atoms with Crippen LogP contribution in [-0.2, 0) is 18.8 Å². The van der Waals surface area contributed by atoms with Crippen LogP contribution in [0.1, 0.15) is 81.8 Å². The molecule has 4 rings (SSSR count). The molecule has 1 atom stereocenters. The predicted octanol–water partition coefficient (Wildman–Crippen LogP) is 4.33. The van der Waals surface area contributed by atoms with E-state index in [0.29, 0.717) is 11.1 Å². The van der Waals surface area contributed by atoms with E-state index in [9.17, 15) is 9.59 Å². The van der Waals surface area contributed by atoms with Crippen molar-refractivity contribution in [3.8, 4) is 0 Å². The van der Waals surface area contributed by atoms with Crippen LogP contribution in [0.2, 0.25) is 0 Å². The molecule has 1 unspecified atom stereocenters. The Morgan fingerprint density at radius 3 is 2.24 bits per heavy atom. The van der Waals surface area contributed by atoms with Gasteiger partial charge in [-0.2, -0.15) is 0 Å². The van der Waals surface area contributed by atoms with E-state index in [1.165, 1.54) is 6.42 Å². The Morgan fingerprint density at radius 2 is 1.59 bits per heavy atom. The molecule has 1 N–H and O–H groups in total. The normalized spacial score (nSPS) is 20.5. The zero-order chi connectivity index (χ0) is 24.3. The summed E-state index contributed by atoms with van der Waals surface area (Å²) in [6, 6.07) is 16.3. The third-order valence-electron chi connectivity index (χ3n) is 7.16. The number of esters is 1. The average molecular weight is 463 g/mol. The Kier molecular flexibility index (Phi) is 7.15. The Hall–Kier alpha value is -2.64. The fraction of sp³-hybridized carbons (Fsp3) is 0.481. The fourth-order valence-corrected chi connectivity index (χ4v) is 4.39. The van der Waals surface area contributed by atoms with Gasteiger partial charge < -0.3 is 19.4 Å². The van der Waals surface area contributed by atoms with Gasteiger partial charge in [0.1, 0.15) is 0 Å². The van der Waals surface area contributed by atoms with Gasteiger partial charge in [-0.1, -0.05) is 61.7 Å². The number of carbonyl (C=O) groups excluding carboxylic acids is 2. The Balaban J connectivity index is 1.51. The van der Waals surface area contributed by atoms with Crippen molar-refractivity contribution >= 4 is 24.5 Å². The molecule has 34 heavy (non-hydrogen) atoms. The van der Waals surface area contributed by atoms with Gasteiger partial charge in [-0.3, -0.25) is 4.79 Å². The SMILES string of the molecule is CC1(C)OB(c2cccc(C(=O)OC(C(=O)NC3CCCCC3)c3ccccc3)c2)OC1(C)C. The summed E-state index contributed by atoms with van der Waals surface area (Å²) >= 11 is 0. The summed E-state index contributed by atoms with van der Waals surface area (Å²) in [5, 5.41) is 3.09. The molecule has 1 saturated carbocycles. The minimum absolute atomic E-state index is 0.123. The van der Waals surface area contributed by atoms with Crippen molar-refractivity contribution < 1.29 is 23.6 Å². The zero-order valence-corrected chi connectivity index (χ0v) is 20.5. The van der Waals surface area contributed by atoms with E-state index in [-0.39, 0.29) is 11.9 Å². The van der Waals surface area contributed by atoms with Gasteiger partial charge in [0.05, 0.1) is 16.8 Å². The monoisotopic (exact) mass is 463 g/mol. The molecule has 180 valence electrons. The number of rotatable bonds is 6. The van der Waals surface area contributed by atoms with Crippen LogP contribution >= 0.6 is 0 Å². The Morgan fingerprint density at radius 1 is 0.941 bits per heavy atom. The Labute approximate surface area is 202 Å². The molecule has 0 radical (unpaired) electrons. The summed E-state index contributed by atoms with van der Waals surface area (Å²) in [7, 11) is -0.586. The molecule has 2 fully saturated rings. The molecule has 1 aliphatic carbocycles. The highest BCUT2D eigenvalue weighted by molar-refractivity contribution is 6.62. The maximum absolute atomic E-state index is 13.2. The lowest BCUT2D eigenvalue weighted by molar-refractivity contribution is -0.131. The minimum Gasteiger partial charge on any atom is -0.444 e. The molecule has 1 aliphatic heterocycles. The van der Waals surface area contributed by atoms with Crippen molar-refractivity contribution in [3.05, 3.63) is 65.7 Å². The van der Waals surface area contributed by atoms with Gasteiger partial charge in [-0.05, 0) is 58.1 Å². The van der Waals surface area contributed by atoms with E-state index in [2.05, 4.69) is 5.32 Å². The summed E-state index contributed by atoms with van der Waals surface area (Å²) in [4.78, 5) is 26.3. The van der Waals surface area contributed by atoms with Gasteiger partial charge in [0.25, 0.3) is 5.91 Å². The summed E-state index contributed by atoms with van der Waals surface area (Å²) in [5.74, 6) is -0.848. The molecular formula is C27H34BNO5. The van der Waals surface area contributed by atoms with Crippen LogP contribution in [0.5, 0.6) is 0 Å². The highest BCUT2D eigenvalue weighted by atomic mass is 16.7. The van der Waals surface area contributed by atoms with Crippen LogP contribution in [0, 0.1) is 0 Å². The molecule has 2 aromatic carbocycles. The van der Waals surface area contributed by atoms with E-state index in [1.54, 1.807) is 30.3 Å². The molecule has 0 spiro atoms. The molecule has 0 aromatic heterocycles. The Bertz CT molecular complexity index is 1000. The topological polar surface area (TPSA) is 73.9 Å². The second-order valence-corrected chi connectivity index (χ2v) is 10.3. The molecule has 2 aromatic rings. The fourth-order valence-electron chi connectivity index (χ4n) is 4.39. The van der Waals surface area contributed by atoms with E-state index in [1.807, 2.05) is 52.0 Å². The van der Waals surface area contributed by atoms with Crippen LogP contribution in [0.4, 0.5) is 0 Å². The first-order valence-electron chi connectivity index (χ1n) is 12.2. The van der Waals surface area contributed by atoms with Gasteiger partial charge in [-0.25, -0.2) is 4.79 Å². The van der Waals surface area contributed by atoms with Crippen LogP contribution in [-0.4, -0.2) is 36.2 Å². The first-order chi connectivity index (χ1) is 16.2. The molecule has 1 heterocycles. The number of benzene rings is 2. The summed E-state index contributed by atoms with van der Waals surface area (Å²) in [5.41, 5.74) is 0.758. The van der Waals surface area contributed by atoms with Crippen molar-refractivity contribution in [2.45, 2.75) is 83.1 Å². The van der Waals surface area contributed by atoms with Crippen LogP contribution < -0.4 is 10.8 Å². The van der Waals surface area contributed by atoms with Crippen molar-refractivity contribution in [3.63, 3.8) is 0 Å². The highest BCUT2D eigenvalue weighted by Crippen LogP contribution is 2.36. The lowest BCUT2D eigenvalue weighted by atomic mass is 9.78. The molecular weight excluding hydrogens is 429 g/mol. The van der Waals surface area contributed by atoms with Crippen molar-refractivity contribution in [1.29, 1.82) is 0 Å². The van der Waals surface area contributed by atoms with Crippen molar-refractivity contribution in [1.82, 2.24) is 5.32 Å². The molecule has 6 nitrogen and oxygen atoms in total. The van der Waals surface area contributed by atoms with E-state index in [4.69, 9.17) is 14.0 Å². The number of ether oxygens (including phenoxy) is 1. The number of amides is 1. The number of hydrogen-bond acceptors (Lipinski definition) is 5. The maximum atomic E-state index is 13.2. The van der Waals surface area contributed by atoms with E-state index < -0.39 is 30.4 Å². The van der Waals surface area contributed by atoms with Crippen molar-refractivity contribution in [2.75, 3.05) is 0 Å². The number of carbonyl (C=O) groups is 2. The predicted molar refractivity (Wildman–Crippen MR) is 132 cm³/mol. The second-order valence-electron chi connectivity index (χ2n) is 10.3. The third-order valence-corrected chi connectivity index (χ3v) is 7.16. The first kappa shape index (κ1) is 24.5. The molecule has 1 saturated heterocycles. The minimum atomic E-state index is -1.02. The van der Waals surface area contributed by atoms with Gasteiger partial charge in [0.15, 0.2) is 0 Å². The lowest BCUT2D eigenvalue weighted by Crippen LogP contribution is -2.41. The van der Waals surface area contributed by atoms with Gasteiger partial charge in [-0.15, -0.1) is 0 Å². The lowest BCUT2D eigenvalue weighted by Gasteiger charge is -2.32. The van der Waals surface area contributed by atoms with E-state index in [0.717, 1.165) is 31.1 Å². The van der Waals surface area contributed by atoms with Crippen LogP contribution in [0.25, 0.3) is 0 Å². The van der Waals surface area contributed by atoms with Gasteiger partial charge in [0, 0.05) is 11.6 Å². The second kappa shape index (κ2) is 9.92. The van der Waals surface area contributed by atoms with Gasteiger partial charge >= 0.3 is 13.1 Å². The molecule has 2 aliphatic rings. The highest BCUT2D eigenvalue weighted by Gasteiger charge is 2.51. The molecule has 1 amide bonds. The number of hydrogen-bond donors (Lipinski definition) is 1. The quantitative estimate of drug-likeness (QED) is 0.510. The molecule has 7 heteroatoms. The smallest absolute Gasteiger partial charge is 0.444 e. The summed E-state index contributed by atoms with van der Waals surface area (Å²) in [6.07, 6.45) is 4.30. The first-order valence-corrected chi connectivity index (χ1v) is 12.2. The maximum Gasteiger partial charge on any atom is 0.494 e. The summed E-state index contributed by atoms with van der Waals surface area (Å²) < 4.78 is 18.0. The largest absolute Gasteiger partial charge is 0.494 e. The third kappa shape index (κ3) is 5.36. The summed E-state index contributed by atoms with van der Waals surface area (Å²) in [6.45, 7) is 7.95. The average Bonchev–Trinajstić information content (AvgIpc) is 3.05. The van der Waals surface area contributed by atoms with Crippen molar-refractivity contribution in [2.24, 2.45) is 0 Å².